The Morgan fingerprint density at radius 2 is 1.93 bits per heavy atom. The molecular weight excluding hydrogens is 198 g/mol. The van der Waals surface area contributed by atoms with Gasteiger partial charge in [-0.25, -0.2) is 4.79 Å². The van der Waals surface area contributed by atoms with Crippen LogP contribution >= 0.6 is 0 Å². The fraction of sp³-hybridized carbons (Fsp3) is 0.800. The molecule has 0 radical (unpaired) electrons. The van der Waals surface area contributed by atoms with Gasteiger partial charge in [-0.15, -0.1) is 0 Å². The van der Waals surface area contributed by atoms with Crippen molar-refractivity contribution in [1.82, 2.24) is 4.90 Å². The summed E-state index contributed by atoms with van der Waals surface area (Å²) < 4.78 is 5.17. The molecular formula is C10H19NO4. The predicted octanol–water partition coefficient (Wildman–Crippen LogP) is 0.733. The number of ether oxygens (including phenoxy) is 1. The number of carbonyl (C=O) groups is 2. The zero-order valence-electron chi connectivity index (χ0n) is 9.90. The van der Waals surface area contributed by atoms with Gasteiger partial charge in [0, 0.05) is 20.6 Å². The molecule has 0 rings (SSSR count). The molecule has 0 bridgehead atoms. The topological polar surface area (TPSA) is 66.8 Å². The van der Waals surface area contributed by atoms with Crippen LogP contribution in [0.2, 0.25) is 0 Å². The van der Waals surface area contributed by atoms with Crippen LogP contribution < -0.4 is 0 Å². The lowest BCUT2D eigenvalue weighted by Crippen LogP contribution is -2.54. The summed E-state index contributed by atoms with van der Waals surface area (Å²) in [5, 5.41) is 9.14. The van der Waals surface area contributed by atoms with Crippen LogP contribution in [0.3, 0.4) is 0 Å². The first-order valence-electron chi connectivity index (χ1n) is 4.66. The number of hydrogen-bond acceptors (Lipinski definition) is 3. The Hall–Kier alpha value is -1.10. The minimum absolute atomic E-state index is 0.223. The second kappa shape index (κ2) is 4.61. The normalized spacial score (nSPS) is 15.5. The van der Waals surface area contributed by atoms with Crippen molar-refractivity contribution in [2.24, 2.45) is 0 Å². The van der Waals surface area contributed by atoms with Gasteiger partial charge in [0.15, 0.2) is 0 Å². The molecule has 1 unspecified atom stereocenters. The smallest absolute Gasteiger partial charge is 0.329 e. The molecule has 5 nitrogen and oxygen atoms in total. The molecule has 1 N–H and O–H groups in total. The molecule has 0 aromatic heterocycles. The van der Waals surface area contributed by atoms with Gasteiger partial charge < -0.3 is 14.7 Å². The largest absolute Gasteiger partial charge is 0.480 e. The highest BCUT2D eigenvalue weighted by molar-refractivity contribution is 5.81. The molecule has 0 aliphatic rings. The van der Waals surface area contributed by atoms with E-state index in [1.165, 1.54) is 21.1 Å². The summed E-state index contributed by atoms with van der Waals surface area (Å²) >= 11 is 0. The average Bonchev–Trinajstić information content (AvgIpc) is 2.15. The lowest BCUT2D eigenvalue weighted by Gasteiger charge is -2.38. The number of carboxylic acid groups (broad SMARTS) is 1. The first-order valence-corrected chi connectivity index (χ1v) is 4.66. The van der Waals surface area contributed by atoms with Gasteiger partial charge >= 0.3 is 5.97 Å². The summed E-state index contributed by atoms with van der Waals surface area (Å²) in [7, 11) is 2.97. The van der Waals surface area contributed by atoms with Gasteiger partial charge in [-0.05, 0) is 20.8 Å². The molecule has 0 aromatic rings. The van der Waals surface area contributed by atoms with E-state index in [0.29, 0.717) is 6.41 Å². The number of rotatable bonds is 6. The average molecular weight is 217 g/mol. The molecule has 0 aromatic carbocycles. The molecule has 0 spiro atoms. The molecule has 0 saturated heterocycles. The molecule has 0 aliphatic carbocycles. The van der Waals surface area contributed by atoms with Crippen LogP contribution in [0.4, 0.5) is 0 Å². The van der Waals surface area contributed by atoms with Crippen LogP contribution in [0, 0.1) is 0 Å². The van der Waals surface area contributed by atoms with Crippen molar-refractivity contribution in [2.75, 3.05) is 14.2 Å². The van der Waals surface area contributed by atoms with E-state index in [-0.39, 0.29) is 6.42 Å². The van der Waals surface area contributed by atoms with Crippen molar-refractivity contribution >= 4 is 12.4 Å². The van der Waals surface area contributed by atoms with Crippen molar-refractivity contribution in [1.29, 1.82) is 0 Å². The fourth-order valence-corrected chi connectivity index (χ4v) is 1.37. The molecule has 0 heterocycles. The maximum Gasteiger partial charge on any atom is 0.329 e. The lowest BCUT2D eigenvalue weighted by molar-refractivity contribution is -0.157. The highest BCUT2D eigenvalue weighted by Crippen LogP contribution is 2.27. The summed E-state index contributed by atoms with van der Waals surface area (Å²) in [4.78, 5) is 23.0. The number of aliphatic carboxylic acids is 1. The summed E-state index contributed by atoms with van der Waals surface area (Å²) in [6.07, 6.45) is 0.737. The van der Waals surface area contributed by atoms with E-state index in [4.69, 9.17) is 9.84 Å². The lowest BCUT2D eigenvalue weighted by atomic mass is 9.86. The Balaban J connectivity index is 4.98. The highest BCUT2D eigenvalue weighted by atomic mass is 16.5. The van der Waals surface area contributed by atoms with Crippen LogP contribution in [-0.2, 0) is 14.3 Å². The van der Waals surface area contributed by atoms with Gasteiger partial charge in [0.05, 0.1) is 5.60 Å². The van der Waals surface area contributed by atoms with Crippen molar-refractivity contribution in [3.8, 4) is 0 Å². The third-order valence-electron chi connectivity index (χ3n) is 2.72. The van der Waals surface area contributed by atoms with E-state index in [1.807, 2.05) is 0 Å². The second-order valence-corrected chi connectivity index (χ2v) is 4.44. The van der Waals surface area contributed by atoms with E-state index in [0.717, 1.165) is 4.90 Å². The third kappa shape index (κ3) is 3.20. The molecule has 5 heteroatoms. The van der Waals surface area contributed by atoms with Crippen LogP contribution in [0.1, 0.15) is 27.2 Å². The van der Waals surface area contributed by atoms with E-state index in [9.17, 15) is 9.59 Å². The summed E-state index contributed by atoms with van der Waals surface area (Å²) in [6, 6.07) is 0. The zero-order valence-corrected chi connectivity index (χ0v) is 9.90. The first kappa shape index (κ1) is 13.9. The Kier molecular flexibility index (Phi) is 4.27. The fourth-order valence-electron chi connectivity index (χ4n) is 1.37. The van der Waals surface area contributed by atoms with Crippen molar-refractivity contribution < 1.29 is 19.4 Å². The van der Waals surface area contributed by atoms with Gasteiger partial charge in [-0.1, -0.05) is 0 Å². The van der Waals surface area contributed by atoms with Crippen LogP contribution in [0.25, 0.3) is 0 Å². The summed E-state index contributed by atoms with van der Waals surface area (Å²) in [5.74, 6) is -1.04. The standard InChI is InChI=1S/C10H19NO4/c1-9(2,15-5)6-10(3,8(13)14)11(4)7-12/h7H,6H2,1-5H3,(H,13,14). The Morgan fingerprint density at radius 1 is 1.47 bits per heavy atom. The molecule has 0 aliphatic heterocycles. The minimum Gasteiger partial charge on any atom is -0.480 e. The van der Waals surface area contributed by atoms with Crippen LogP contribution in [0.5, 0.6) is 0 Å². The van der Waals surface area contributed by atoms with E-state index in [1.54, 1.807) is 13.8 Å². The van der Waals surface area contributed by atoms with Crippen LogP contribution in [-0.4, -0.2) is 47.7 Å². The zero-order chi connectivity index (χ0) is 12.3. The quantitative estimate of drug-likeness (QED) is 0.666. The highest BCUT2D eigenvalue weighted by Gasteiger charge is 2.42. The van der Waals surface area contributed by atoms with Gasteiger partial charge in [-0.2, -0.15) is 0 Å². The Morgan fingerprint density at radius 3 is 2.20 bits per heavy atom. The number of carboxylic acids is 1. The SMILES string of the molecule is COC(C)(C)CC(C)(C(=O)O)N(C)C=O. The van der Waals surface area contributed by atoms with E-state index >= 15 is 0 Å². The Bertz CT molecular complexity index is 252. The van der Waals surface area contributed by atoms with Crippen molar-refractivity contribution in [2.45, 2.75) is 38.3 Å². The molecule has 0 fully saturated rings. The summed E-state index contributed by atoms with van der Waals surface area (Å²) in [5.41, 5.74) is -1.84. The van der Waals surface area contributed by atoms with E-state index in [2.05, 4.69) is 0 Å². The monoisotopic (exact) mass is 217 g/mol. The van der Waals surface area contributed by atoms with Gasteiger partial charge in [0.1, 0.15) is 5.54 Å². The molecule has 1 atom stereocenters. The maximum absolute atomic E-state index is 11.2. The first-order chi connectivity index (χ1) is 6.69. The summed E-state index contributed by atoms with van der Waals surface area (Å²) in [6.45, 7) is 5.07. The predicted molar refractivity (Wildman–Crippen MR) is 55.6 cm³/mol. The van der Waals surface area contributed by atoms with Crippen molar-refractivity contribution in [3.05, 3.63) is 0 Å². The van der Waals surface area contributed by atoms with E-state index < -0.39 is 17.1 Å². The molecule has 15 heavy (non-hydrogen) atoms. The number of amides is 1. The number of likely N-dealkylation sites (N-methyl/N-ethyl adjacent to an activating group) is 1. The molecule has 88 valence electrons. The minimum atomic E-state index is -1.25. The van der Waals surface area contributed by atoms with Gasteiger partial charge in [-0.3, -0.25) is 4.79 Å². The van der Waals surface area contributed by atoms with Gasteiger partial charge in [0.25, 0.3) is 0 Å². The number of carbonyl (C=O) groups excluding carboxylic acids is 1. The van der Waals surface area contributed by atoms with Crippen LogP contribution in [0.15, 0.2) is 0 Å². The maximum atomic E-state index is 11.2. The second-order valence-electron chi connectivity index (χ2n) is 4.44. The number of methoxy groups -OCH3 is 1. The molecule has 0 saturated carbocycles. The number of nitrogens with zero attached hydrogens (tertiary/aromatic N) is 1. The molecule has 1 amide bonds. The third-order valence-corrected chi connectivity index (χ3v) is 2.72. The van der Waals surface area contributed by atoms with Crippen molar-refractivity contribution in [3.63, 3.8) is 0 Å². The number of hydrogen-bond donors (Lipinski definition) is 1. The van der Waals surface area contributed by atoms with Gasteiger partial charge in [0.2, 0.25) is 6.41 Å². The Labute approximate surface area is 90.0 Å².